The Bertz CT molecular complexity index is 682. The molecule has 0 bridgehead atoms. The second-order valence-corrected chi connectivity index (χ2v) is 4.21. The number of carboxylic acid groups (broad SMARTS) is 1. The van der Waals surface area contributed by atoms with E-state index in [0.29, 0.717) is 11.0 Å². The molecule has 0 saturated heterocycles. The third-order valence-electron chi connectivity index (χ3n) is 3.18. The molecule has 0 radical (unpaired) electrons. The maximum atomic E-state index is 11.8. The molecule has 0 spiro atoms. The number of rotatable bonds is 1. The Balaban J connectivity index is 2.43. The lowest BCUT2D eigenvalue weighted by Gasteiger charge is -2.04. The van der Waals surface area contributed by atoms with Gasteiger partial charge in [0.1, 0.15) is 5.58 Å². The van der Waals surface area contributed by atoms with Gasteiger partial charge in [0.15, 0.2) is 5.43 Å². The highest BCUT2D eigenvalue weighted by atomic mass is 16.4. The van der Waals surface area contributed by atoms with Crippen LogP contribution in [0, 0.1) is 0 Å². The van der Waals surface area contributed by atoms with Gasteiger partial charge in [-0.2, -0.15) is 0 Å². The summed E-state index contributed by atoms with van der Waals surface area (Å²) in [5, 5.41) is 9.35. The number of aromatic carboxylic acids is 1. The van der Waals surface area contributed by atoms with Crippen LogP contribution in [0.5, 0.6) is 0 Å². The van der Waals surface area contributed by atoms with Crippen molar-refractivity contribution in [2.24, 2.45) is 0 Å². The van der Waals surface area contributed by atoms with Crippen molar-refractivity contribution in [1.29, 1.82) is 0 Å². The van der Waals surface area contributed by atoms with E-state index < -0.39 is 5.97 Å². The Kier molecular flexibility index (Phi) is 2.04. The minimum Gasteiger partial charge on any atom is -0.475 e. The number of hydrogen-bond acceptors (Lipinski definition) is 3. The Labute approximate surface area is 96.5 Å². The number of carbonyl (C=O) groups is 1. The molecule has 1 aromatic carbocycles. The van der Waals surface area contributed by atoms with Crippen LogP contribution in [0.1, 0.15) is 28.1 Å². The molecule has 0 saturated carbocycles. The monoisotopic (exact) mass is 230 g/mol. The maximum absolute atomic E-state index is 11.8. The van der Waals surface area contributed by atoms with Gasteiger partial charge in [0, 0.05) is 6.07 Å². The number of carboxylic acids is 1. The smallest absolute Gasteiger partial charge is 0.371 e. The lowest BCUT2D eigenvalue weighted by molar-refractivity contribution is 0.0663. The molecule has 0 unspecified atom stereocenters. The highest BCUT2D eigenvalue weighted by Crippen LogP contribution is 2.28. The summed E-state index contributed by atoms with van der Waals surface area (Å²) >= 11 is 0. The van der Waals surface area contributed by atoms with Gasteiger partial charge in [-0.05, 0) is 36.5 Å². The molecule has 0 amide bonds. The van der Waals surface area contributed by atoms with Gasteiger partial charge in [-0.3, -0.25) is 4.79 Å². The van der Waals surface area contributed by atoms with Crippen LogP contribution < -0.4 is 5.43 Å². The zero-order valence-corrected chi connectivity index (χ0v) is 9.03. The Morgan fingerprint density at radius 3 is 2.88 bits per heavy atom. The standard InChI is InChI=1S/C13H10O4/c14-10-6-11(13(15)16)17-12-8-3-1-2-7(8)4-5-9(10)12/h4-6H,1-3H2,(H,15,16). The topological polar surface area (TPSA) is 67.5 Å². The van der Waals surface area contributed by atoms with Crippen LogP contribution in [-0.2, 0) is 12.8 Å². The zero-order valence-electron chi connectivity index (χ0n) is 9.03. The van der Waals surface area contributed by atoms with E-state index in [4.69, 9.17) is 9.52 Å². The summed E-state index contributed by atoms with van der Waals surface area (Å²) in [4.78, 5) is 22.6. The first-order chi connectivity index (χ1) is 8.16. The Morgan fingerprint density at radius 2 is 2.12 bits per heavy atom. The van der Waals surface area contributed by atoms with Crippen molar-refractivity contribution in [3.63, 3.8) is 0 Å². The molecule has 0 fully saturated rings. The van der Waals surface area contributed by atoms with Crippen molar-refractivity contribution in [3.8, 4) is 0 Å². The number of aryl methyl sites for hydroxylation is 2. The molecule has 4 nitrogen and oxygen atoms in total. The van der Waals surface area contributed by atoms with Crippen LogP contribution >= 0.6 is 0 Å². The molecule has 0 atom stereocenters. The fraction of sp³-hybridized carbons (Fsp3) is 0.231. The third kappa shape index (κ3) is 1.45. The summed E-state index contributed by atoms with van der Waals surface area (Å²) in [5.41, 5.74) is 2.30. The largest absolute Gasteiger partial charge is 0.475 e. The molecule has 1 aliphatic rings. The van der Waals surface area contributed by atoms with Crippen LogP contribution in [0.4, 0.5) is 0 Å². The van der Waals surface area contributed by atoms with Gasteiger partial charge in [-0.15, -0.1) is 0 Å². The van der Waals surface area contributed by atoms with Crippen molar-refractivity contribution in [2.75, 3.05) is 0 Å². The van der Waals surface area contributed by atoms with E-state index in [1.54, 1.807) is 6.07 Å². The first-order valence-electron chi connectivity index (χ1n) is 5.49. The van der Waals surface area contributed by atoms with Crippen molar-refractivity contribution < 1.29 is 14.3 Å². The number of fused-ring (bicyclic) bond motifs is 3. The van der Waals surface area contributed by atoms with Crippen LogP contribution in [0.15, 0.2) is 27.4 Å². The normalized spacial score (nSPS) is 13.9. The average Bonchev–Trinajstić information content (AvgIpc) is 2.76. The first-order valence-corrected chi connectivity index (χ1v) is 5.49. The molecule has 1 N–H and O–H groups in total. The minimum atomic E-state index is -1.21. The lowest BCUT2D eigenvalue weighted by atomic mass is 10.1. The van der Waals surface area contributed by atoms with E-state index in [9.17, 15) is 9.59 Å². The second kappa shape index (κ2) is 3.45. The van der Waals surface area contributed by atoms with Crippen LogP contribution in [0.2, 0.25) is 0 Å². The predicted octanol–water partition coefficient (Wildman–Crippen LogP) is 1.98. The maximum Gasteiger partial charge on any atom is 0.371 e. The zero-order chi connectivity index (χ0) is 12.0. The quantitative estimate of drug-likeness (QED) is 0.813. The highest BCUT2D eigenvalue weighted by Gasteiger charge is 2.19. The first kappa shape index (κ1) is 10.1. The average molecular weight is 230 g/mol. The second-order valence-electron chi connectivity index (χ2n) is 4.21. The van der Waals surface area contributed by atoms with E-state index in [1.807, 2.05) is 6.07 Å². The van der Waals surface area contributed by atoms with E-state index in [2.05, 4.69) is 0 Å². The number of hydrogen-bond donors (Lipinski definition) is 1. The number of benzene rings is 1. The molecular formula is C13H10O4. The van der Waals surface area contributed by atoms with Gasteiger partial charge in [-0.1, -0.05) is 6.07 Å². The van der Waals surface area contributed by atoms with Crippen LogP contribution in [0.25, 0.3) is 11.0 Å². The van der Waals surface area contributed by atoms with Crippen molar-refractivity contribution >= 4 is 16.9 Å². The Hall–Kier alpha value is -2.10. The van der Waals surface area contributed by atoms with Crippen molar-refractivity contribution in [1.82, 2.24) is 0 Å². The molecule has 0 aliphatic heterocycles. The summed E-state index contributed by atoms with van der Waals surface area (Å²) < 4.78 is 5.35. The van der Waals surface area contributed by atoms with E-state index in [1.165, 1.54) is 0 Å². The molecule has 86 valence electrons. The van der Waals surface area contributed by atoms with E-state index in [0.717, 1.165) is 36.5 Å². The molecule has 1 aliphatic carbocycles. The Morgan fingerprint density at radius 1 is 1.29 bits per heavy atom. The molecule has 17 heavy (non-hydrogen) atoms. The van der Waals surface area contributed by atoms with E-state index >= 15 is 0 Å². The van der Waals surface area contributed by atoms with Gasteiger partial charge < -0.3 is 9.52 Å². The van der Waals surface area contributed by atoms with Crippen molar-refractivity contribution in [2.45, 2.75) is 19.3 Å². The summed E-state index contributed by atoms with van der Waals surface area (Å²) in [6.45, 7) is 0. The summed E-state index contributed by atoms with van der Waals surface area (Å²) in [7, 11) is 0. The van der Waals surface area contributed by atoms with Gasteiger partial charge in [0.2, 0.25) is 5.76 Å². The summed E-state index contributed by atoms with van der Waals surface area (Å²) in [6, 6.07) is 4.69. The summed E-state index contributed by atoms with van der Waals surface area (Å²) in [6.07, 6.45) is 2.83. The van der Waals surface area contributed by atoms with E-state index in [-0.39, 0.29) is 11.2 Å². The van der Waals surface area contributed by atoms with Gasteiger partial charge in [0.05, 0.1) is 5.39 Å². The van der Waals surface area contributed by atoms with Gasteiger partial charge in [0.25, 0.3) is 0 Å². The highest BCUT2D eigenvalue weighted by molar-refractivity contribution is 5.88. The fourth-order valence-electron chi connectivity index (χ4n) is 2.38. The lowest BCUT2D eigenvalue weighted by Crippen LogP contribution is -2.07. The molecule has 1 heterocycles. The third-order valence-corrected chi connectivity index (χ3v) is 3.18. The minimum absolute atomic E-state index is 0.289. The molecule has 3 rings (SSSR count). The van der Waals surface area contributed by atoms with Crippen LogP contribution in [-0.4, -0.2) is 11.1 Å². The van der Waals surface area contributed by atoms with Gasteiger partial charge >= 0.3 is 5.97 Å². The SMILES string of the molecule is O=C(O)c1cc(=O)c2ccc3c(c2o1)CCC3. The van der Waals surface area contributed by atoms with Gasteiger partial charge in [-0.25, -0.2) is 4.79 Å². The van der Waals surface area contributed by atoms with Crippen molar-refractivity contribution in [3.05, 3.63) is 45.3 Å². The molecule has 2 aromatic rings. The molecular weight excluding hydrogens is 220 g/mol. The molecule has 1 aromatic heterocycles. The molecule has 4 heteroatoms. The fourth-order valence-corrected chi connectivity index (χ4v) is 2.38. The predicted molar refractivity (Wildman–Crippen MR) is 61.5 cm³/mol. The summed E-state index contributed by atoms with van der Waals surface area (Å²) in [5.74, 6) is -1.50. The van der Waals surface area contributed by atoms with Crippen LogP contribution in [0.3, 0.4) is 0 Å².